The number of hydrogen-bond donors (Lipinski definition) is 1. The summed E-state index contributed by atoms with van der Waals surface area (Å²) in [5.74, 6) is 0.573. The molecule has 0 fully saturated rings. The second-order valence-electron chi connectivity index (χ2n) is 5.18. The van der Waals surface area contributed by atoms with Gasteiger partial charge in [0.1, 0.15) is 11.5 Å². The van der Waals surface area contributed by atoms with Gasteiger partial charge in [0.05, 0.1) is 17.5 Å². The van der Waals surface area contributed by atoms with E-state index in [-0.39, 0.29) is 10.6 Å². The molecule has 3 rings (SSSR count). The van der Waals surface area contributed by atoms with Crippen molar-refractivity contribution in [2.24, 2.45) is 0 Å². The molecule has 0 atom stereocenters. The minimum atomic E-state index is -4.30. The molecule has 1 aromatic carbocycles. The minimum Gasteiger partial charge on any atom is -0.311 e. The van der Waals surface area contributed by atoms with E-state index in [0.29, 0.717) is 17.2 Å². The Bertz CT molecular complexity index is 936. The van der Waals surface area contributed by atoms with Gasteiger partial charge in [-0.25, -0.2) is 4.98 Å². The van der Waals surface area contributed by atoms with Gasteiger partial charge in [0.2, 0.25) is 0 Å². The molecule has 138 valence electrons. The van der Waals surface area contributed by atoms with Gasteiger partial charge in [-0.2, -0.15) is 13.2 Å². The fraction of sp³-hybridized carbons (Fsp3) is 0.250. The van der Waals surface area contributed by atoms with Gasteiger partial charge in [0, 0.05) is 17.6 Å². The first-order valence-electron chi connectivity index (χ1n) is 7.50. The van der Waals surface area contributed by atoms with E-state index in [1.807, 2.05) is 6.92 Å². The number of hydrogen-bond acceptors (Lipinski definition) is 4. The number of alkyl halides is 3. The van der Waals surface area contributed by atoms with Crippen molar-refractivity contribution >= 4 is 11.6 Å². The van der Waals surface area contributed by atoms with Crippen molar-refractivity contribution in [3.8, 4) is 11.4 Å². The smallest absolute Gasteiger partial charge is 0.311 e. The molecule has 0 unspecified atom stereocenters. The monoisotopic (exact) mass is 385 g/mol. The average Bonchev–Trinajstić information content (AvgIpc) is 3.03. The van der Waals surface area contributed by atoms with E-state index in [2.05, 4.69) is 20.3 Å². The van der Waals surface area contributed by atoms with Crippen molar-refractivity contribution in [1.29, 1.82) is 0 Å². The third-order valence-electron chi connectivity index (χ3n) is 3.14. The van der Waals surface area contributed by atoms with Gasteiger partial charge in [-0.05, 0) is 32.0 Å². The van der Waals surface area contributed by atoms with Crippen LogP contribution in [0.5, 0.6) is 0 Å². The van der Waals surface area contributed by atoms with Crippen LogP contribution in [0, 0.1) is 6.92 Å². The standard InChI is InChI=1S/C9H11N5O.C7H4ClF3/c1-3-14-5-8(12-13-14)7-4-9(15)11-6(2)10-7;8-6-3-1-2-5(4-6)7(9,10)11/h4-5H,3H2,1-2H3,(H,10,11,15);1-4H. The third-order valence-corrected chi connectivity index (χ3v) is 3.37. The predicted octanol–water partition coefficient (Wildman–Crippen LogP) is 3.72. The van der Waals surface area contributed by atoms with Crippen LogP contribution in [0.4, 0.5) is 13.2 Å². The Labute approximate surface area is 151 Å². The summed E-state index contributed by atoms with van der Waals surface area (Å²) in [6.07, 6.45) is -2.54. The molecule has 0 aliphatic rings. The lowest BCUT2D eigenvalue weighted by Gasteiger charge is -2.05. The number of rotatable bonds is 2. The van der Waals surface area contributed by atoms with Gasteiger partial charge in [-0.3, -0.25) is 9.48 Å². The number of aromatic amines is 1. The minimum absolute atomic E-state index is 0.0971. The Kier molecular flexibility index (Phi) is 6.14. The summed E-state index contributed by atoms with van der Waals surface area (Å²) in [5.41, 5.74) is 0.274. The maximum absolute atomic E-state index is 11.9. The van der Waals surface area contributed by atoms with Crippen LogP contribution in [0.2, 0.25) is 5.02 Å². The maximum Gasteiger partial charge on any atom is 0.416 e. The zero-order valence-corrected chi connectivity index (χ0v) is 14.6. The van der Waals surface area contributed by atoms with Gasteiger partial charge in [-0.15, -0.1) is 5.10 Å². The predicted molar refractivity (Wildman–Crippen MR) is 90.7 cm³/mol. The summed E-state index contributed by atoms with van der Waals surface area (Å²) >= 11 is 5.35. The molecule has 0 amide bonds. The van der Waals surface area contributed by atoms with Gasteiger partial charge in [0.15, 0.2) is 0 Å². The molecule has 3 aromatic rings. The molecule has 0 spiro atoms. The van der Waals surface area contributed by atoms with Crippen LogP contribution in [0.3, 0.4) is 0 Å². The Hall–Kier alpha value is -2.68. The Morgan fingerprint density at radius 3 is 2.46 bits per heavy atom. The van der Waals surface area contributed by atoms with Crippen molar-refractivity contribution in [2.75, 3.05) is 0 Å². The van der Waals surface area contributed by atoms with E-state index < -0.39 is 11.7 Å². The highest BCUT2D eigenvalue weighted by molar-refractivity contribution is 6.30. The first-order valence-corrected chi connectivity index (χ1v) is 7.88. The molecule has 0 radical (unpaired) electrons. The zero-order valence-electron chi connectivity index (χ0n) is 13.9. The van der Waals surface area contributed by atoms with Gasteiger partial charge < -0.3 is 4.98 Å². The van der Waals surface area contributed by atoms with E-state index in [1.54, 1.807) is 17.8 Å². The molecule has 0 saturated carbocycles. The highest BCUT2D eigenvalue weighted by Crippen LogP contribution is 2.30. The molecule has 6 nitrogen and oxygen atoms in total. The number of nitrogens with one attached hydrogen (secondary N) is 1. The van der Waals surface area contributed by atoms with E-state index in [1.165, 1.54) is 18.2 Å². The van der Waals surface area contributed by atoms with Crippen molar-refractivity contribution < 1.29 is 13.2 Å². The number of aromatic nitrogens is 5. The summed E-state index contributed by atoms with van der Waals surface area (Å²) < 4.78 is 37.4. The van der Waals surface area contributed by atoms with Crippen LogP contribution >= 0.6 is 11.6 Å². The van der Waals surface area contributed by atoms with Crippen LogP contribution in [-0.4, -0.2) is 25.0 Å². The molecule has 0 aliphatic carbocycles. The van der Waals surface area contributed by atoms with Gasteiger partial charge in [-0.1, -0.05) is 22.9 Å². The molecule has 2 aromatic heterocycles. The zero-order chi connectivity index (χ0) is 19.3. The molecular weight excluding hydrogens is 371 g/mol. The lowest BCUT2D eigenvalue weighted by Crippen LogP contribution is -2.08. The van der Waals surface area contributed by atoms with Crippen molar-refractivity contribution in [1.82, 2.24) is 25.0 Å². The second-order valence-corrected chi connectivity index (χ2v) is 5.62. The summed E-state index contributed by atoms with van der Waals surface area (Å²) in [6.45, 7) is 4.44. The summed E-state index contributed by atoms with van der Waals surface area (Å²) in [6, 6.07) is 5.95. The van der Waals surface area contributed by atoms with Crippen LogP contribution in [-0.2, 0) is 12.7 Å². The number of halogens is 4. The number of benzene rings is 1. The second kappa shape index (κ2) is 8.13. The van der Waals surface area contributed by atoms with Crippen LogP contribution < -0.4 is 5.56 Å². The lowest BCUT2D eigenvalue weighted by molar-refractivity contribution is -0.137. The molecule has 10 heteroatoms. The number of aryl methyl sites for hydroxylation is 2. The summed E-state index contributed by atoms with van der Waals surface area (Å²) in [7, 11) is 0. The first-order chi connectivity index (χ1) is 12.2. The SMILES string of the molecule is CCn1cc(-c2cc(=O)[nH]c(C)n2)nn1.FC(F)(F)c1cccc(Cl)c1. The van der Waals surface area contributed by atoms with Crippen molar-refractivity contribution in [3.63, 3.8) is 0 Å². The quantitative estimate of drug-likeness (QED) is 0.729. The van der Waals surface area contributed by atoms with E-state index in [4.69, 9.17) is 11.6 Å². The van der Waals surface area contributed by atoms with E-state index in [0.717, 1.165) is 18.7 Å². The van der Waals surface area contributed by atoms with Gasteiger partial charge >= 0.3 is 6.18 Å². The topological polar surface area (TPSA) is 76.5 Å². The highest BCUT2D eigenvalue weighted by atomic mass is 35.5. The van der Waals surface area contributed by atoms with Crippen LogP contribution in [0.15, 0.2) is 41.3 Å². The number of H-pyrrole nitrogens is 1. The molecule has 0 bridgehead atoms. The van der Waals surface area contributed by atoms with E-state index in [9.17, 15) is 18.0 Å². The molecular formula is C16H15ClF3N5O. The molecule has 0 aliphatic heterocycles. The Balaban J connectivity index is 0.000000197. The van der Waals surface area contributed by atoms with Crippen molar-refractivity contribution in [2.45, 2.75) is 26.6 Å². The van der Waals surface area contributed by atoms with Crippen LogP contribution in [0.1, 0.15) is 18.3 Å². The molecule has 1 N–H and O–H groups in total. The third kappa shape index (κ3) is 5.41. The van der Waals surface area contributed by atoms with E-state index >= 15 is 0 Å². The fourth-order valence-electron chi connectivity index (χ4n) is 1.95. The van der Waals surface area contributed by atoms with Crippen molar-refractivity contribution in [3.05, 3.63) is 63.3 Å². The number of nitrogens with zero attached hydrogens (tertiary/aromatic N) is 4. The lowest BCUT2D eigenvalue weighted by atomic mass is 10.2. The molecule has 2 heterocycles. The van der Waals surface area contributed by atoms with Crippen LogP contribution in [0.25, 0.3) is 11.4 Å². The average molecular weight is 386 g/mol. The first kappa shape index (κ1) is 19.6. The fourth-order valence-corrected chi connectivity index (χ4v) is 2.14. The molecule has 26 heavy (non-hydrogen) atoms. The maximum atomic E-state index is 11.9. The Morgan fingerprint density at radius 1 is 1.23 bits per heavy atom. The largest absolute Gasteiger partial charge is 0.416 e. The highest BCUT2D eigenvalue weighted by Gasteiger charge is 2.30. The Morgan fingerprint density at radius 2 is 1.96 bits per heavy atom. The summed E-state index contributed by atoms with van der Waals surface area (Å²) in [4.78, 5) is 18.0. The normalized spacial score (nSPS) is 11.0. The molecule has 0 saturated heterocycles. The van der Waals surface area contributed by atoms with Gasteiger partial charge in [0.25, 0.3) is 5.56 Å². The summed E-state index contributed by atoms with van der Waals surface area (Å²) in [5, 5.41) is 7.92.